The molecule has 1 saturated heterocycles. The molecule has 6 rings (SSSR count). The van der Waals surface area contributed by atoms with Gasteiger partial charge in [-0.15, -0.1) is 0 Å². The fourth-order valence-corrected chi connectivity index (χ4v) is 6.02. The zero-order valence-corrected chi connectivity index (χ0v) is 21.0. The summed E-state index contributed by atoms with van der Waals surface area (Å²) in [6.45, 7) is 3.14. The SMILES string of the molecule is O=C(c1ccccc1)N1C(c2ccc(OCC3CN(CCCF)C3)cc2)c2ccc(O)cc2CC12CC2. The Kier molecular flexibility index (Phi) is 6.37. The minimum atomic E-state index is -0.258. The summed E-state index contributed by atoms with van der Waals surface area (Å²) in [5, 5.41) is 10.2. The highest BCUT2D eigenvalue weighted by Crippen LogP contribution is 2.55. The molecule has 3 aromatic carbocycles. The largest absolute Gasteiger partial charge is 0.508 e. The van der Waals surface area contributed by atoms with Crippen LogP contribution in [0, 0.1) is 5.92 Å². The van der Waals surface area contributed by atoms with Gasteiger partial charge < -0.3 is 19.6 Å². The summed E-state index contributed by atoms with van der Waals surface area (Å²) in [4.78, 5) is 18.3. The summed E-state index contributed by atoms with van der Waals surface area (Å²) < 4.78 is 18.4. The minimum absolute atomic E-state index is 0.0458. The Bertz CT molecular complexity index is 1250. The second-order valence-electron chi connectivity index (χ2n) is 10.8. The van der Waals surface area contributed by atoms with Crippen LogP contribution in [0.4, 0.5) is 4.39 Å². The number of alkyl halides is 1. The molecule has 1 unspecified atom stereocenters. The van der Waals surface area contributed by atoms with Crippen molar-refractivity contribution in [1.82, 2.24) is 9.80 Å². The van der Waals surface area contributed by atoms with Crippen molar-refractivity contribution in [3.8, 4) is 11.5 Å². The number of nitrogens with zero attached hydrogens (tertiary/aromatic N) is 2. The summed E-state index contributed by atoms with van der Waals surface area (Å²) in [6, 6.07) is 23.0. The van der Waals surface area contributed by atoms with Crippen LogP contribution in [-0.4, -0.2) is 59.3 Å². The molecule has 0 radical (unpaired) electrons. The van der Waals surface area contributed by atoms with Gasteiger partial charge in [0.25, 0.3) is 5.91 Å². The third kappa shape index (κ3) is 4.71. The highest BCUT2D eigenvalue weighted by atomic mass is 19.1. The first-order chi connectivity index (χ1) is 18.1. The highest BCUT2D eigenvalue weighted by Gasteiger charge is 2.56. The fourth-order valence-electron chi connectivity index (χ4n) is 6.02. The Labute approximate surface area is 217 Å². The lowest BCUT2D eigenvalue weighted by Gasteiger charge is -2.44. The third-order valence-electron chi connectivity index (χ3n) is 8.10. The number of benzene rings is 3. The number of fused-ring (bicyclic) bond motifs is 1. The molecule has 5 nitrogen and oxygen atoms in total. The molecule has 37 heavy (non-hydrogen) atoms. The second-order valence-corrected chi connectivity index (χ2v) is 10.8. The number of phenolic OH excluding ortho intramolecular Hbond substituents is 1. The van der Waals surface area contributed by atoms with Gasteiger partial charge in [0.2, 0.25) is 0 Å². The van der Waals surface area contributed by atoms with E-state index < -0.39 is 0 Å². The summed E-state index contributed by atoms with van der Waals surface area (Å²) in [6.07, 6.45) is 3.28. The van der Waals surface area contributed by atoms with Crippen LogP contribution in [0.15, 0.2) is 72.8 Å². The van der Waals surface area contributed by atoms with Gasteiger partial charge in [-0.2, -0.15) is 0 Å². The maximum Gasteiger partial charge on any atom is 0.255 e. The normalized spacial score (nSPS) is 20.4. The lowest BCUT2D eigenvalue weighted by Crippen LogP contribution is -2.49. The maximum atomic E-state index is 13.9. The molecule has 1 aliphatic carbocycles. The van der Waals surface area contributed by atoms with Gasteiger partial charge in [0.15, 0.2) is 0 Å². The smallest absolute Gasteiger partial charge is 0.255 e. The van der Waals surface area contributed by atoms with Crippen LogP contribution in [0.3, 0.4) is 0 Å². The van der Waals surface area contributed by atoms with Crippen molar-refractivity contribution in [3.05, 3.63) is 95.1 Å². The van der Waals surface area contributed by atoms with Gasteiger partial charge >= 0.3 is 0 Å². The molecule has 2 heterocycles. The monoisotopic (exact) mass is 500 g/mol. The Balaban J connectivity index is 1.25. The van der Waals surface area contributed by atoms with E-state index in [1.165, 1.54) is 0 Å². The van der Waals surface area contributed by atoms with Crippen molar-refractivity contribution in [2.24, 2.45) is 5.92 Å². The predicted molar refractivity (Wildman–Crippen MR) is 141 cm³/mol. The molecule has 3 aliphatic rings. The van der Waals surface area contributed by atoms with Crippen molar-refractivity contribution in [1.29, 1.82) is 0 Å². The highest BCUT2D eigenvalue weighted by molar-refractivity contribution is 5.96. The Morgan fingerprint density at radius 2 is 1.78 bits per heavy atom. The number of halogens is 1. The Morgan fingerprint density at radius 1 is 1.03 bits per heavy atom. The van der Waals surface area contributed by atoms with Crippen LogP contribution < -0.4 is 4.74 Å². The van der Waals surface area contributed by atoms with Gasteiger partial charge in [0, 0.05) is 36.7 Å². The van der Waals surface area contributed by atoms with Gasteiger partial charge in [0.05, 0.1) is 19.3 Å². The van der Waals surface area contributed by atoms with E-state index in [-0.39, 0.29) is 29.9 Å². The molecule has 1 amide bonds. The first-order valence-electron chi connectivity index (χ1n) is 13.3. The summed E-state index contributed by atoms with van der Waals surface area (Å²) in [7, 11) is 0. The van der Waals surface area contributed by atoms with Gasteiger partial charge in [0.1, 0.15) is 11.5 Å². The number of ether oxygens (including phenoxy) is 1. The number of likely N-dealkylation sites (tertiary alicyclic amines) is 1. The van der Waals surface area contributed by atoms with Gasteiger partial charge in [-0.1, -0.05) is 36.4 Å². The molecule has 1 N–H and O–H groups in total. The molecule has 1 spiro atoms. The van der Waals surface area contributed by atoms with E-state index in [0.29, 0.717) is 24.5 Å². The molecular weight excluding hydrogens is 467 g/mol. The lowest BCUT2D eigenvalue weighted by atomic mass is 9.82. The number of carbonyl (C=O) groups is 1. The van der Waals surface area contributed by atoms with Gasteiger partial charge in [-0.05, 0) is 78.8 Å². The van der Waals surface area contributed by atoms with Crippen molar-refractivity contribution < 1.29 is 19.0 Å². The molecule has 1 saturated carbocycles. The van der Waals surface area contributed by atoms with E-state index in [1.807, 2.05) is 54.6 Å². The molecule has 2 fully saturated rings. The average Bonchev–Trinajstić information content (AvgIpc) is 3.66. The van der Waals surface area contributed by atoms with Crippen molar-refractivity contribution in [2.45, 2.75) is 37.3 Å². The van der Waals surface area contributed by atoms with Crippen molar-refractivity contribution >= 4 is 5.91 Å². The zero-order chi connectivity index (χ0) is 25.4. The number of rotatable bonds is 8. The molecule has 1 atom stereocenters. The van der Waals surface area contributed by atoms with Gasteiger partial charge in [-0.25, -0.2) is 0 Å². The van der Waals surface area contributed by atoms with E-state index in [4.69, 9.17) is 4.74 Å². The number of carbonyl (C=O) groups excluding carboxylic acids is 1. The molecule has 0 bridgehead atoms. The zero-order valence-electron chi connectivity index (χ0n) is 21.0. The lowest BCUT2D eigenvalue weighted by molar-refractivity contribution is 0.0540. The van der Waals surface area contributed by atoms with Crippen LogP contribution in [0.5, 0.6) is 11.5 Å². The molecule has 192 valence electrons. The fraction of sp³-hybridized carbons (Fsp3) is 0.387. The predicted octanol–water partition coefficient (Wildman–Crippen LogP) is 5.38. The number of amides is 1. The Hall–Kier alpha value is -3.38. The van der Waals surface area contributed by atoms with E-state index >= 15 is 0 Å². The van der Waals surface area contributed by atoms with Crippen LogP contribution in [0.1, 0.15) is 52.4 Å². The average molecular weight is 501 g/mol. The molecular formula is C31H33FN2O3. The second kappa shape index (κ2) is 9.82. The Morgan fingerprint density at radius 3 is 2.49 bits per heavy atom. The van der Waals surface area contributed by atoms with Crippen LogP contribution in [0.2, 0.25) is 0 Å². The van der Waals surface area contributed by atoms with E-state index in [1.54, 1.807) is 6.07 Å². The number of phenols is 1. The molecule has 0 aromatic heterocycles. The van der Waals surface area contributed by atoms with Crippen LogP contribution in [-0.2, 0) is 6.42 Å². The van der Waals surface area contributed by atoms with Crippen molar-refractivity contribution in [3.63, 3.8) is 0 Å². The van der Waals surface area contributed by atoms with E-state index in [0.717, 1.165) is 61.3 Å². The summed E-state index contributed by atoms with van der Waals surface area (Å²) in [5.41, 5.74) is 3.70. The first-order valence-corrected chi connectivity index (χ1v) is 13.3. The number of hydrogen-bond donors (Lipinski definition) is 1. The minimum Gasteiger partial charge on any atom is -0.508 e. The van der Waals surface area contributed by atoms with E-state index in [9.17, 15) is 14.3 Å². The number of aromatic hydroxyl groups is 1. The summed E-state index contributed by atoms with van der Waals surface area (Å²) in [5.74, 6) is 1.60. The quantitative estimate of drug-likeness (QED) is 0.451. The van der Waals surface area contributed by atoms with Crippen LogP contribution in [0.25, 0.3) is 0 Å². The summed E-state index contributed by atoms with van der Waals surface area (Å²) >= 11 is 0. The first kappa shape index (κ1) is 24.0. The molecule has 6 heteroatoms. The molecule has 3 aromatic rings. The number of hydrogen-bond acceptors (Lipinski definition) is 4. The van der Waals surface area contributed by atoms with E-state index in [2.05, 4.69) is 21.9 Å². The topological polar surface area (TPSA) is 53.0 Å². The third-order valence-corrected chi connectivity index (χ3v) is 8.10. The van der Waals surface area contributed by atoms with Gasteiger partial charge in [-0.3, -0.25) is 9.18 Å². The maximum absolute atomic E-state index is 13.9. The van der Waals surface area contributed by atoms with Crippen molar-refractivity contribution in [2.75, 3.05) is 32.9 Å². The van der Waals surface area contributed by atoms with Crippen LogP contribution >= 0.6 is 0 Å². The standard InChI is InChI=1S/C31H33FN2O3/c32-15-4-16-33-19-22(20-33)21-37-27-10-7-23(8-11-27)29-28-12-9-26(35)17-25(28)18-31(13-14-31)34(29)30(36)24-5-2-1-3-6-24/h1-3,5-12,17,22,29,35H,4,13-16,18-21H2. The molecule has 2 aliphatic heterocycles.